The molecule has 142 valence electrons. The Balaban J connectivity index is 1.42. The monoisotopic (exact) mass is 380 g/mol. The molecule has 0 unspecified atom stereocenters. The van der Waals surface area contributed by atoms with Gasteiger partial charge in [0.25, 0.3) is 5.91 Å². The van der Waals surface area contributed by atoms with Gasteiger partial charge in [-0.25, -0.2) is 0 Å². The zero-order chi connectivity index (χ0) is 19.6. The quantitative estimate of drug-likeness (QED) is 0.575. The summed E-state index contributed by atoms with van der Waals surface area (Å²) in [6.45, 7) is 1.20. The van der Waals surface area contributed by atoms with E-state index >= 15 is 0 Å². The third-order valence-corrected chi connectivity index (χ3v) is 5.37. The van der Waals surface area contributed by atoms with E-state index in [9.17, 15) is 4.79 Å². The van der Waals surface area contributed by atoms with E-state index < -0.39 is 0 Å². The lowest BCUT2D eigenvalue weighted by Crippen LogP contribution is -2.36. The molecule has 1 N–H and O–H groups in total. The Labute approximate surface area is 169 Å². The van der Waals surface area contributed by atoms with Crippen LogP contribution in [0.15, 0.2) is 79.0 Å². The van der Waals surface area contributed by atoms with Crippen molar-refractivity contribution >= 4 is 5.91 Å². The average Bonchev–Trinajstić information content (AvgIpc) is 3.23. The Bertz CT molecular complexity index is 1130. The molecule has 0 radical (unpaired) electrons. The molecule has 4 aromatic rings. The lowest BCUT2D eigenvalue weighted by atomic mass is 9.98. The molecular weight excluding hydrogens is 360 g/mol. The summed E-state index contributed by atoms with van der Waals surface area (Å²) in [6.07, 6.45) is 2.42. The number of rotatable bonds is 3. The van der Waals surface area contributed by atoms with Gasteiger partial charge >= 0.3 is 0 Å². The molecule has 5 rings (SSSR count). The van der Waals surface area contributed by atoms with Gasteiger partial charge in [-0.2, -0.15) is 5.10 Å². The molecule has 1 aliphatic rings. The summed E-state index contributed by atoms with van der Waals surface area (Å²) in [5, 5.41) is 7.73. The molecule has 0 saturated heterocycles. The number of carbonyl (C=O) groups is 1. The molecule has 29 heavy (non-hydrogen) atoms. The van der Waals surface area contributed by atoms with Gasteiger partial charge in [0.05, 0.1) is 12.2 Å². The lowest BCUT2D eigenvalue weighted by molar-refractivity contribution is 0.0728. The second kappa shape index (κ2) is 7.36. The Kier molecular flexibility index (Phi) is 4.41. The van der Waals surface area contributed by atoms with Crippen molar-refractivity contribution in [3.63, 3.8) is 0 Å². The minimum Gasteiger partial charge on any atom is -0.332 e. The largest absolute Gasteiger partial charge is 0.332 e. The van der Waals surface area contributed by atoms with Crippen LogP contribution in [0.1, 0.15) is 21.7 Å². The molecule has 0 aliphatic carbocycles. The molecule has 0 atom stereocenters. The van der Waals surface area contributed by atoms with Crippen molar-refractivity contribution in [1.82, 2.24) is 20.1 Å². The van der Waals surface area contributed by atoms with Gasteiger partial charge in [0.1, 0.15) is 5.69 Å². The van der Waals surface area contributed by atoms with Crippen molar-refractivity contribution < 1.29 is 4.79 Å². The molecule has 2 aromatic heterocycles. The fraction of sp³-hybridized carbons (Fsp3) is 0.125. The van der Waals surface area contributed by atoms with Gasteiger partial charge in [-0.15, -0.1) is 0 Å². The number of nitrogens with one attached hydrogen (secondary N) is 1. The van der Waals surface area contributed by atoms with Gasteiger partial charge in [0.2, 0.25) is 0 Å². The third kappa shape index (κ3) is 3.31. The van der Waals surface area contributed by atoms with Crippen LogP contribution in [0, 0.1) is 0 Å². The lowest BCUT2D eigenvalue weighted by Gasteiger charge is -2.27. The molecule has 2 aromatic carbocycles. The number of amides is 1. The number of H-pyrrole nitrogens is 1. The topological polar surface area (TPSA) is 61.9 Å². The molecule has 0 saturated carbocycles. The summed E-state index contributed by atoms with van der Waals surface area (Å²) in [6, 6.07) is 24.2. The Morgan fingerprint density at radius 3 is 2.34 bits per heavy atom. The van der Waals surface area contributed by atoms with Crippen LogP contribution >= 0.6 is 0 Å². The second-order valence-corrected chi connectivity index (χ2v) is 7.16. The van der Waals surface area contributed by atoms with Crippen LogP contribution in [0.2, 0.25) is 0 Å². The van der Waals surface area contributed by atoms with Gasteiger partial charge in [-0.1, -0.05) is 60.7 Å². The number of fused-ring (bicyclic) bond motifs is 1. The zero-order valence-electron chi connectivity index (χ0n) is 15.9. The number of benzene rings is 2. The number of aromatic amines is 1. The summed E-state index contributed by atoms with van der Waals surface area (Å²) < 4.78 is 0. The van der Waals surface area contributed by atoms with Gasteiger partial charge < -0.3 is 4.90 Å². The fourth-order valence-corrected chi connectivity index (χ4v) is 3.81. The summed E-state index contributed by atoms with van der Waals surface area (Å²) in [7, 11) is 0. The third-order valence-electron chi connectivity index (χ3n) is 5.37. The summed E-state index contributed by atoms with van der Waals surface area (Å²) in [5.41, 5.74) is 7.01. The van der Waals surface area contributed by atoms with E-state index in [-0.39, 0.29) is 5.91 Å². The summed E-state index contributed by atoms with van der Waals surface area (Å²) in [4.78, 5) is 18.9. The second-order valence-electron chi connectivity index (χ2n) is 7.16. The zero-order valence-corrected chi connectivity index (χ0v) is 15.9. The molecule has 0 fully saturated rings. The van der Waals surface area contributed by atoms with E-state index in [4.69, 9.17) is 0 Å². The number of nitrogens with zero attached hydrogens (tertiary/aromatic N) is 3. The first-order valence-electron chi connectivity index (χ1n) is 9.72. The Morgan fingerprint density at radius 2 is 1.59 bits per heavy atom. The van der Waals surface area contributed by atoms with E-state index in [0.717, 1.165) is 28.9 Å². The smallest absolute Gasteiger partial charge is 0.272 e. The predicted octanol–water partition coefficient (Wildman–Crippen LogP) is 4.34. The number of pyridine rings is 1. The number of carbonyl (C=O) groups excluding carboxylic acids is 1. The van der Waals surface area contributed by atoms with Crippen molar-refractivity contribution in [2.45, 2.75) is 13.0 Å². The minimum absolute atomic E-state index is 0.0391. The van der Waals surface area contributed by atoms with Crippen LogP contribution in [0.4, 0.5) is 0 Å². The molecular formula is C24H20N4O. The van der Waals surface area contributed by atoms with Crippen molar-refractivity contribution in [2.75, 3.05) is 6.54 Å². The van der Waals surface area contributed by atoms with Crippen LogP contribution in [-0.4, -0.2) is 32.5 Å². The number of aromatic nitrogens is 3. The molecule has 1 amide bonds. The van der Waals surface area contributed by atoms with Crippen LogP contribution in [-0.2, 0) is 13.0 Å². The fourth-order valence-electron chi connectivity index (χ4n) is 3.81. The first-order valence-corrected chi connectivity index (χ1v) is 9.72. The molecule has 5 heteroatoms. The maximum Gasteiger partial charge on any atom is 0.272 e. The van der Waals surface area contributed by atoms with Gasteiger partial charge in [-0.3, -0.25) is 14.9 Å². The summed E-state index contributed by atoms with van der Waals surface area (Å²) >= 11 is 0. The van der Waals surface area contributed by atoms with Crippen LogP contribution in [0.5, 0.6) is 0 Å². The molecule has 3 heterocycles. The van der Waals surface area contributed by atoms with E-state index in [1.807, 2.05) is 35.2 Å². The standard InChI is InChI=1S/C24H20N4O/c29-24(22-8-4-5-14-25-22)28-15-13-21-20(16-28)23(27-26-21)19-11-9-18(10-12-19)17-6-2-1-3-7-17/h1-12,14H,13,15-16H2,(H,26,27). The summed E-state index contributed by atoms with van der Waals surface area (Å²) in [5.74, 6) is -0.0391. The van der Waals surface area contributed by atoms with Crippen molar-refractivity contribution in [3.05, 3.63) is 95.9 Å². The Morgan fingerprint density at radius 1 is 0.862 bits per heavy atom. The predicted molar refractivity (Wildman–Crippen MR) is 112 cm³/mol. The molecule has 1 aliphatic heterocycles. The van der Waals surface area contributed by atoms with Crippen LogP contribution in [0.25, 0.3) is 22.4 Å². The maximum absolute atomic E-state index is 12.8. The van der Waals surface area contributed by atoms with Crippen molar-refractivity contribution in [2.24, 2.45) is 0 Å². The molecule has 0 spiro atoms. The first kappa shape index (κ1) is 17.4. The van der Waals surface area contributed by atoms with E-state index in [0.29, 0.717) is 18.8 Å². The van der Waals surface area contributed by atoms with Crippen LogP contribution in [0.3, 0.4) is 0 Å². The van der Waals surface area contributed by atoms with E-state index in [2.05, 4.69) is 51.6 Å². The van der Waals surface area contributed by atoms with Gasteiger partial charge in [-0.05, 0) is 23.3 Å². The maximum atomic E-state index is 12.8. The normalized spacial score (nSPS) is 13.2. The Hall–Kier alpha value is -3.73. The number of hydrogen-bond acceptors (Lipinski definition) is 3. The van der Waals surface area contributed by atoms with Gasteiger partial charge in [0, 0.05) is 36.0 Å². The van der Waals surface area contributed by atoms with E-state index in [1.54, 1.807) is 12.3 Å². The van der Waals surface area contributed by atoms with Gasteiger partial charge in [0.15, 0.2) is 0 Å². The average molecular weight is 380 g/mol. The highest BCUT2D eigenvalue weighted by Crippen LogP contribution is 2.30. The highest BCUT2D eigenvalue weighted by molar-refractivity contribution is 5.92. The minimum atomic E-state index is -0.0391. The van der Waals surface area contributed by atoms with E-state index in [1.165, 1.54) is 11.1 Å². The van der Waals surface area contributed by atoms with Crippen molar-refractivity contribution in [1.29, 1.82) is 0 Å². The number of hydrogen-bond donors (Lipinski definition) is 1. The SMILES string of the molecule is O=C(c1ccccn1)N1CCc2[nH]nc(-c3ccc(-c4ccccc4)cc3)c2C1. The highest BCUT2D eigenvalue weighted by atomic mass is 16.2. The molecule has 5 nitrogen and oxygen atoms in total. The first-order chi connectivity index (χ1) is 14.3. The highest BCUT2D eigenvalue weighted by Gasteiger charge is 2.26. The van der Waals surface area contributed by atoms with Crippen LogP contribution < -0.4 is 0 Å². The molecule has 0 bridgehead atoms. The van der Waals surface area contributed by atoms with Crippen molar-refractivity contribution in [3.8, 4) is 22.4 Å².